The molecule has 0 aliphatic carbocycles. The summed E-state index contributed by atoms with van der Waals surface area (Å²) in [6.07, 6.45) is 2.16. The highest BCUT2D eigenvalue weighted by Crippen LogP contribution is 2.43. The molecular weight excluding hydrogens is 314 g/mol. The van der Waals surface area contributed by atoms with Crippen LogP contribution in [0.25, 0.3) is 0 Å². The lowest BCUT2D eigenvalue weighted by atomic mass is 9.76. The van der Waals surface area contributed by atoms with Crippen molar-refractivity contribution in [1.29, 1.82) is 0 Å². The number of nitrogens with zero attached hydrogens (tertiary/aromatic N) is 3. The summed E-state index contributed by atoms with van der Waals surface area (Å²) in [4.78, 5) is 15.7. The number of fused-ring (bicyclic) bond motifs is 1. The molecule has 1 amide bonds. The van der Waals surface area contributed by atoms with Crippen LogP contribution in [0.4, 0.5) is 0 Å². The molecule has 6 nitrogen and oxygen atoms in total. The van der Waals surface area contributed by atoms with Gasteiger partial charge < -0.3 is 14.1 Å². The number of hydrogen-bond donors (Lipinski definition) is 0. The van der Waals surface area contributed by atoms with Crippen LogP contribution in [0.1, 0.15) is 29.5 Å². The molecule has 2 aromatic rings. The van der Waals surface area contributed by atoms with Gasteiger partial charge >= 0.3 is 0 Å². The molecule has 0 radical (unpaired) electrons. The lowest BCUT2D eigenvalue weighted by Gasteiger charge is -2.41. The van der Waals surface area contributed by atoms with Crippen molar-refractivity contribution in [3.63, 3.8) is 0 Å². The maximum atomic E-state index is 12.7. The summed E-state index contributed by atoms with van der Waals surface area (Å²) in [5.41, 5.74) is -0.343. The fraction of sp³-hybridized carbons (Fsp3) is 0.562. The van der Waals surface area contributed by atoms with Crippen LogP contribution in [0.15, 0.2) is 21.9 Å². The molecule has 2 aliphatic heterocycles. The molecule has 0 bridgehead atoms. The topological polar surface area (TPSA) is 68.5 Å². The molecule has 0 saturated carbocycles. The van der Waals surface area contributed by atoms with Crippen LogP contribution in [0.5, 0.6) is 0 Å². The lowest BCUT2D eigenvalue weighted by Crippen LogP contribution is -2.54. The molecule has 0 aromatic carbocycles. The van der Waals surface area contributed by atoms with Crippen LogP contribution < -0.4 is 0 Å². The van der Waals surface area contributed by atoms with E-state index in [4.69, 9.17) is 9.15 Å². The fourth-order valence-electron chi connectivity index (χ4n) is 3.63. The van der Waals surface area contributed by atoms with Gasteiger partial charge in [0.05, 0.1) is 17.9 Å². The Bertz CT molecular complexity index is 699. The SMILES string of the molecule is Cc1nnc([C@]23CCO[C@H]2CCN(C(=O)Cc2cccs2)C3)o1. The predicted octanol–water partition coefficient (Wildman–Crippen LogP) is 1.94. The van der Waals surface area contributed by atoms with Gasteiger partial charge in [0, 0.05) is 31.5 Å². The van der Waals surface area contributed by atoms with Crippen molar-refractivity contribution >= 4 is 17.2 Å². The highest BCUT2D eigenvalue weighted by molar-refractivity contribution is 7.10. The highest BCUT2D eigenvalue weighted by Gasteiger charge is 2.53. The molecule has 23 heavy (non-hydrogen) atoms. The van der Waals surface area contributed by atoms with E-state index >= 15 is 0 Å². The zero-order chi connectivity index (χ0) is 15.9. The minimum absolute atomic E-state index is 0.0631. The van der Waals surface area contributed by atoms with Gasteiger partial charge in [0.2, 0.25) is 17.7 Å². The Morgan fingerprint density at radius 3 is 3.17 bits per heavy atom. The second-order valence-corrected chi connectivity index (χ2v) is 7.28. The van der Waals surface area contributed by atoms with E-state index < -0.39 is 0 Å². The number of ether oxygens (including phenoxy) is 1. The van der Waals surface area contributed by atoms with E-state index in [0.29, 0.717) is 31.4 Å². The maximum Gasteiger partial charge on any atom is 0.227 e. The van der Waals surface area contributed by atoms with E-state index in [1.54, 1.807) is 18.3 Å². The normalized spacial score (nSPS) is 27.2. The Morgan fingerprint density at radius 2 is 2.43 bits per heavy atom. The Morgan fingerprint density at radius 1 is 1.52 bits per heavy atom. The fourth-order valence-corrected chi connectivity index (χ4v) is 4.33. The number of carbonyl (C=O) groups is 1. The first-order chi connectivity index (χ1) is 11.2. The van der Waals surface area contributed by atoms with Gasteiger partial charge in [-0.15, -0.1) is 21.5 Å². The van der Waals surface area contributed by atoms with E-state index in [9.17, 15) is 4.79 Å². The van der Waals surface area contributed by atoms with Crippen LogP contribution in [-0.4, -0.2) is 46.8 Å². The first-order valence-electron chi connectivity index (χ1n) is 7.90. The number of hydrogen-bond acceptors (Lipinski definition) is 6. The van der Waals surface area contributed by atoms with Gasteiger partial charge in [0.1, 0.15) is 0 Å². The molecule has 2 aliphatic rings. The van der Waals surface area contributed by atoms with Crippen LogP contribution in [-0.2, 0) is 21.4 Å². The standard InChI is InChI=1S/C16H19N3O3S/c1-11-17-18-15(22-11)16-5-7-21-13(16)4-6-19(10-16)14(20)9-12-3-2-8-23-12/h2-3,8,13H,4-7,9-10H2,1H3/t13-,16-/m0/s1. The van der Waals surface area contributed by atoms with Crippen LogP contribution in [0.2, 0.25) is 0 Å². The average molecular weight is 333 g/mol. The zero-order valence-electron chi connectivity index (χ0n) is 13.0. The van der Waals surface area contributed by atoms with Crippen LogP contribution in [0.3, 0.4) is 0 Å². The summed E-state index contributed by atoms with van der Waals surface area (Å²) >= 11 is 1.62. The number of piperidine rings is 1. The van der Waals surface area contributed by atoms with Gasteiger partial charge in [-0.25, -0.2) is 0 Å². The Balaban J connectivity index is 1.57. The Labute approximate surface area is 138 Å². The molecule has 2 aromatic heterocycles. The van der Waals surface area contributed by atoms with Gasteiger partial charge in [-0.3, -0.25) is 4.79 Å². The summed E-state index contributed by atoms with van der Waals surface area (Å²) in [5.74, 6) is 1.33. The highest BCUT2D eigenvalue weighted by atomic mass is 32.1. The maximum absolute atomic E-state index is 12.7. The second-order valence-electron chi connectivity index (χ2n) is 6.25. The van der Waals surface area contributed by atoms with E-state index in [0.717, 1.165) is 24.3 Å². The van der Waals surface area contributed by atoms with Crippen LogP contribution in [0, 0.1) is 6.92 Å². The quantitative estimate of drug-likeness (QED) is 0.859. The van der Waals surface area contributed by atoms with Crippen molar-refractivity contribution in [1.82, 2.24) is 15.1 Å². The number of amides is 1. The number of aromatic nitrogens is 2. The molecule has 0 unspecified atom stereocenters. The van der Waals surface area contributed by atoms with Crippen molar-refractivity contribution in [2.24, 2.45) is 0 Å². The zero-order valence-corrected chi connectivity index (χ0v) is 13.8. The molecule has 0 N–H and O–H groups in total. The summed E-state index contributed by atoms with van der Waals surface area (Å²) in [5, 5.41) is 10.2. The van der Waals surface area contributed by atoms with Gasteiger partial charge in [-0.1, -0.05) is 6.07 Å². The molecule has 2 atom stereocenters. The predicted molar refractivity (Wildman–Crippen MR) is 84.3 cm³/mol. The van der Waals surface area contributed by atoms with E-state index in [2.05, 4.69) is 10.2 Å². The van der Waals surface area contributed by atoms with Crippen molar-refractivity contribution in [3.8, 4) is 0 Å². The third kappa shape index (κ3) is 2.57. The molecule has 7 heteroatoms. The minimum Gasteiger partial charge on any atom is -0.425 e. The monoisotopic (exact) mass is 333 g/mol. The first-order valence-corrected chi connectivity index (χ1v) is 8.78. The second kappa shape index (κ2) is 5.72. The molecule has 122 valence electrons. The minimum atomic E-state index is -0.343. The summed E-state index contributed by atoms with van der Waals surface area (Å²) < 4.78 is 11.6. The van der Waals surface area contributed by atoms with E-state index in [-0.39, 0.29) is 17.4 Å². The van der Waals surface area contributed by atoms with Crippen molar-refractivity contribution < 1.29 is 13.9 Å². The number of rotatable bonds is 3. The van der Waals surface area contributed by atoms with E-state index in [1.165, 1.54) is 0 Å². The van der Waals surface area contributed by atoms with Crippen molar-refractivity contribution in [3.05, 3.63) is 34.2 Å². The Hall–Kier alpha value is -1.73. The number of likely N-dealkylation sites (tertiary alicyclic amines) is 1. The smallest absolute Gasteiger partial charge is 0.227 e. The van der Waals surface area contributed by atoms with E-state index in [1.807, 2.05) is 22.4 Å². The van der Waals surface area contributed by atoms with Gasteiger partial charge in [-0.2, -0.15) is 0 Å². The molecule has 2 saturated heterocycles. The third-order valence-corrected chi connectivity index (χ3v) is 5.70. The molecular formula is C16H19N3O3S. The number of thiophene rings is 1. The van der Waals surface area contributed by atoms with Gasteiger partial charge in [0.25, 0.3) is 0 Å². The average Bonchev–Trinajstić information content (AvgIpc) is 3.26. The molecule has 2 fully saturated rings. The van der Waals surface area contributed by atoms with Crippen molar-refractivity contribution in [2.45, 2.75) is 37.7 Å². The van der Waals surface area contributed by atoms with Gasteiger partial charge in [-0.05, 0) is 24.3 Å². The third-order valence-electron chi connectivity index (χ3n) is 4.83. The first kappa shape index (κ1) is 14.8. The summed E-state index contributed by atoms with van der Waals surface area (Å²) in [6, 6.07) is 3.98. The summed E-state index contributed by atoms with van der Waals surface area (Å²) in [6.45, 7) is 3.80. The summed E-state index contributed by atoms with van der Waals surface area (Å²) in [7, 11) is 0. The lowest BCUT2D eigenvalue weighted by molar-refractivity contribution is -0.134. The molecule has 4 rings (SSSR count). The van der Waals surface area contributed by atoms with Gasteiger partial charge in [0.15, 0.2) is 0 Å². The number of aryl methyl sites for hydroxylation is 1. The largest absolute Gasteiger partial charge is 0.425 e. The van der Waals surface area contributed by atoms with Crippen molar-refractivity contribution in [2.75, 3.05) is 19.7 Å². The Kier molecular flexibility index (Phi) is 3.69. The van der Waals surface area contributed by atoms with Crippen LogP contribution >= 0.6 is 11.3 Å². The number of carbonyl (C=O) groups excluding carboxylic acids is 1. The molecule has 4 heterocycles. The molecule has 0 spiro atoms.